The highest BCUT2D eigenvalue weighted by atomic mass is 16.7. The van der Waals surface area contributed by atoms with Crippen molar-refractivity contribution < 1.29 is 28.4 Å². The lowest BCUT2D eigenvalue weighted by atomic mass is 9.90. The van der Waals surface area contributed by atoms with Gasteiger partial charge in [0, 0.05) is 31.0 Å². The Bertz CT molecular complexity index is 1500. The summed E-state index contributed by atoms with van der Waals surface area (Å²) in [4.78, 5) is 6.58. The first-order valence-electron chi connectivity index (χ1n) is 14.1. The molecule has 1 saturated heterocycles. The Hall–Kier alpha value is -4.43. The summed E-state index contributed by atoms with van der Waals surface area (Å²) in [5, 5.41) is 0. The van der Waals surface area contributed by atoms with E-state index in [0.717, 1.165) is 65.3 Å². The molecule has 0 N–H and O–H groups in total. The van der Waals surface area contributed by atoms with Gasteiger partial charge in [-0.3, -0.25) is 9.88 Å². The van der Waals surface area contributed by atoms with Crippen molar-refractivity contribution in [2.24, 2.45) is 0 Å². The van der Waals surface area contributed by atoms with Gasteiger partial charge in [0.2, 0.25) is 13.6 Å². The minimum atomic E-state index is 0.0837. The second-order valence-corrected chi connectivity index (χ2v) is 10.5. The standard InChI is InChI=1S/C21H23NO4.C12H9NO2/c1-2-6-20-18(5-1)23-13-17(26-20)12-22-9-3-4-16(11-22)15-7-8-19-21(10-15)25-14-24-19;1-2-10(7-13-5-1)9-3-4-11-12(6-9)15-8-14-11/h1-2,5-8,10,16-17H,3-4,9,11-14H2;1-7H,8H2/t16?,17-;/m0./s1. The lowest BCUT2D eigenvalue weighted by molar-refractivity contribution is 0.0504. The monoisotopic (exact) mass is 552 g/mol. The molecule has 41 heavy (non-hydrogen) atoms. The van der Waals surface area contributed by atoms with Crippen molar-refractivity contribution in [2.75, 3.05) is 39.8 Å². The Balaban J connectivity index is 0.000000156. The van der Waals surface area contributed by atoms with Crippen LogP contribution in [-0.2, 0) is 0 Å². The van der Waals surface area contributed by atoms with Crippen LogP contribution < -0.4 is 28.4 Å². The third-order valence-corrected chi connectivity index (χ3v) is 7.77. The van der Waals surface area contributed by atoms with Crippen molar-refractivity contribution in [1.29, 1.82) is 0 Å². The molecule has 1 unspecified atom stereocenters. The van der Waals surface area contributed by atoms with Crippen LogP contribution in [0.1, 0.15) is 24.3 Å². The van der Waals surface area contributed by atoms with Crippen molar-refractivity contribution >= 4 is 0 Å². The van der Waals surface area contributed by atoms with Gasteiger partial charge in [0.05, 0.1) is 0 Å². The molecular formula is C33H32N2O6. The number of aromatic nitrogens is 1. The Morgan fingerprint density at radius 2 is 1.46 bits per heavy atom. The molecule has 8 rings (SSSR count). The van der Waals surface area contributed by atoms with Gasteiger partial charge in [-0.25, -0.2) is 0 Å². The quantitative estimate of drug-likeness (QED) is 0.309. The van der Waals surface area contributed by atoms with E-state index >= 15 is 0 Å². The molecule has 2 atom stereocenters. The summed E-state index contributed by atoms with van der Waals surface area (Å²) in [5.41, 5.74) is 3.51. The molecule has 0 amide bonds. The van der Waals surface area contributed by atoms with Crippen LogP contribution in [0.5, 0.6) is 34.5 Å². The number of para-hydroxylation sites is 2. The van der Waals surface area contributed by atoms with E-state index in [9.17, 15) is 0 Å². The predicted octanol–water partition coefficient (Wildman–Crippen LogP) is 5.91. The second kappa shape index (κ2) is 11.6. The molecule has 0 aliphatic carbocycles. The maximum Gasteiger partial charge on any atom is 0.231 e. The van der Waals surface area contributed by atoms with Gasteiger partial charge >= 0.3 is 0 Å². The molecule has 0 spiro atoms. The number of likely N-dealkylation sites (tertiary alicyclic amines) is 1. The molecule has 0 radical (unpaired) electrons. The van der Waals surface area contributed by atoms with Gasteiger partial charge in [0.1, 0.15) is 12.7 Å². The van der Waals surface area contributed by atoms with E-state index < -0.39 is 0 Å². The molecule has 8 nitrogen and oxygen atoms in total. The van der Waals surface area contributed by atoms with Crippen LogP contribution >= 0.6 is 0 Å². The number of nitrogens with zero attached hydrogens (tertiary/aromatic N) is 2. The Kier molecular flexibility index (Phi) is 7.22. The number of rotatable bonds is 4. The zero-order chi connectivity index (χ0) is 27.4. The highest BCUT2D eigenvalue weighted by molar-refractivity contribution is 5.66. The highest BCUT2D eigenvalue weighted by Crippen LogP contribution is 2.38. The fourth-order valence-electron chi connectivity index (χ4n) is 5.71. The van der Waals surface area contributed by atoms with Crippen molar-refractivity contribution in [3.05, 3.63) is 90.8 Å². The number of ether oxygens (including phenoxy) is 6. The molecular weight excluding hydrogens is 520 g/mol. The van der Waals surface area contributed by atoms with Gasteiger partial charge in [-0.05, 0) is 78.9 Å². The molecule has 5 heterocycles. The van der Waals surface area contributed by atoms with Gasteiger partial charge in [0.15, 0.2) is 34.5 Å². The summed E-state index contributed by atoms with van der Waals surface area (Å²) in [7, 11) is 0. The largest absolute Gasteiger partial charge is 0.486 e. The van der Waals surface area contributed by atoms with Crippen molar-refractivity contribution in [2.45, 2.75) is 24.9 Å². The van der Waals surface area contributed by atoms with E-state index in [0.29, 0.717) is 26.1 Å². The summed E-state index contributed by atoms with van der Waals surface area (Å²) in [5.74, 6) is 5.57. The van der Waals surface area contributed by atoms with E-state index in [1.807, 2.05) is 66.9 Å². The molecule has 210 valence electrons. The first kappa shape index (κ1) is 25.5. The topological polar surface area (TPSA) is 71.5 Å². The summed E-state index contributed by atoms with van der Waals surface area (Å²) in [6.45, 7) is 4.31. The van der Waals surface area contributed by atoms with Crippen LogP contribution in [0, 0.1) is 0 Å². The van der Waals surface area contributed by atoms with Crippen LogP contribution in [0.4, 0.5) is 0 Å². The van der Waals surface area contributed by atoms with Crippen molar-refractivity contribution in [3.63, 3.8) is 0 Å². The summed E-state index contributed by atoms with van der Waals surface area (Å²) in [6, 6.07) is 24.1. The number of hydrogen-bond acceptors (Lipinski definition) is 8. The number of fused-ring (bicyclic) bond motifs is 3. The Morgan fingerprint density at radius 3 is 2.29 bits per heavy atom. The van der Waals surface area contributed by atoms with E-state index in [2.05, 4.69) is 22.0 Å². The van der Waals surface area contributed by atoms with E-state index in [-0.39, 0.29) is 6.10 Å². The van der Waals surface area contributed by atoms with Crippen LogP contribution in [0.15, 0.2) is 85.2 Å². The minimum Gasteiger partial charge on any atom is -0.486 e. The number of hydrogen-bond donors (Lipinski definition) is 0. The molecule has 0 bridgehead atoms. The molecule has 4 aliphatic rings. The molecule has 1 fully saturated rings. The minimum absolute atomic E-state index is 0.0837. The lowest BCUT2D eigenvalue weighted by Gasteiger charge is -2.36. The van der Waals surface area contributed by atoms with E-state index in [1.54, 1.807) is 6.20 Å². The SMILES string of the molecule is c1ccc2c(c1)OC[C@H](CN1CCCC(c3ccc4c(c3)OCO4)C1)O2.c1cncc(-c2ccc3c(c2)OCO3)c1. The van der Waals surface area contributed by atoms with Crippen molar-refractivity contribution in [3.8, 4) is 45.6 Å². The van der Waals surface area contributed by atoms with Gasteiger partial charge in [-0.2, -0.15) is 0 Å². The normalized spacial score (nSPS) is 20.2. The third kappa shape index (κ3) is 5.74. The van der Waals surface area contributed by atoms with Crippen LogP contribution in [0.25, 0.3) is 11.1 Å². The molecule has 4 aliphatic heterocycles. The average Bonchev–Trinajstić information content (AvgIpc) is 3.71. The maximum absolute atomic E-state index is 6.13. The van der Waals surface area contributed by atoms with Crippen LogP contribution in [0.3, 0.4) is 0 Å². The molecule has 1 aromatic heterocycles. The first-order chi connectivity index (χ1) is 20.3. The zero-order valence-corrected chi connectivity index (χ0v) is 22.7. The van der Waals surface area contributed by atoms with Gasteiger partial charge in [-0.1, -0.05) is 30.3 Å². The Morgan fingerprint density at radius 1 is 0.707 bits per heavy atom. The maximum atomic E-state index is 6.13. The van der Waals surface area contributed by atoms with Crippen LogP contribution in [-0.4, -0.2) is 55.8 Å². The van der Waals surface area contributed by atoms with Gasteiger partial charge < -0.3 is 28.4 Å². The number of pyridine rings is 1. The summed E-state index contributed by atoms with van der Waals surface area (Å²) < 4.78 is 33.5. The second-order valence-electron chi connectivity index (χ2n) is 10.5. The predicted molar refractivity (Wildman–Crippen MR) is 153 cm³/mol. The van der Waals surface area contributed by atoms with Crippen LogP contribution in [0.2, 0.25) is 0 Å². The average molecular weight is 553 g/mol. The molecule has 4 aromatic rings. The number of benzene rings is 3. The van der Waals surface area contributed by atoms with E-state index in [1.165, 1.54) is 18.4 Å². The summed E-state index contributed by atoms with van der Waals surface area (Å²) in [6.07, 6.45) is 6.08. The number of piperidine rings is 1. The fourth-order valence-corrected chi connectivity index (χ4v) is 5.71. The molecule has 0 saturated carbocycles. The smallest absolute Gasteiger partial charge is 0.231 e. The molecule has 3 aromatic carbocycles. The molecule has 8 heteroatoms. The lowest BCUT2D eigenvalue weighted by Crippen LogP contribution is -2.44. The first-order valence-corrected chi connectivity index (χ1v) is 14.1. The third-order valence-electron chi connectivity index (χ3n) is 7.77. The summed E-state index contributed by atoms with van der Waals surface area (Å²) >= 11 is 0. The van der Waals surface area contributed by atoms with Crippen molar-refractivity contribution in [1.82, 2.24) is 9.88 Å². The Labute approximate surface area is 239 Å². The van der Waals surface area contributed by atoms with E-state index in [4.69, 9.17) is 28.4 Å². The zero-order valence-electron chi connectivity index (χ0n) is 22.7. The van der Waals surface area contributed by atoms with Gasteiger partial charge in [0.25, 0.3) is 0 Å². The highest BCUT2D eigenvalue weighted by Gasteiger charge is 2.28. The fraction of sp³-hybridized carbons (Fsp3) is 0.303. The van der Waals surface area contributed by atoms with Gasteiger partial charge in [-0.15, -0.1) is 0 Å².